The molecule has 0 radical (unpaired) electrons. The Kier molecular flexibility index (Phi) is 4.31. The van der Waals surface area contributed by atoms with Gasteiger partial charge in [0.15, 0.2) is 0 Å². The Morgan fingerprint density at radius 1 is 1.20 bits per heavy atom. The van der Waals surface area contributed by atoms with Gasteiger partial charge in [0.05, 0.1) is 4.90 Å². The van der Waals surface area contributed by atoms with Crippen molar-refractivity contribution in [3.8, 4) is 0 Å². The molecular weight excluding hydrogens is 278 g/mol. The molecule has 3 nitrogen and oxygen atoms in total. The van der Waals surface area contributed by atoms with Gasteiger partial charge in [-0.25, -0.2) is 12.7 Å². The maximum Gasteiger partial charge on any atom is 0.242 e. The highest BCUT2D eigenvalue weighted by atomic mass is 79.9. The number of hydrogen-bond donors (Lipinski definition) is 0. The van der Waals surface area contributed by atoms with Gasteiger partial charge in [-0.05, 0) is 24.1 Å². The number of hydrogen-bond acceptors (Lipinski definition) is 2. The third-order valence-electron chi connectivity index (χ3n) is 2.09. The molecular formula is C10H14BrNO2S. The largest absolute Gasteiger partial charge is 0.242 e. The molecule has 84 valence electrons. The fourth-order valence-corrected chi connectivity index (χ4v) is 2.51. The van der Waals surface area contributed by atoms with Gasteiger partial charge in [-0.15, -0.1) is 0 Å². The number of rotatable bonds is 4. The molecule has 0 aliphatic carbocycles. The summed E-state index contributed by atoms with van der Waals surface area (Å²) in [5.74, 6) is 0. The summed E-state index contributed by atoms with van der Waals surface area (Å²) in [4.78, 5) is 0.339. The molecule has 0 saturated carbocycles. The van der Waals surface area contributed by atoms with Crippen molar-refractivity contribution in [3.63, 3.8) is 0 Å². The number of halogens is 1. The summed E-state index contributed by atoms with van der Waals surface area (Å²) < 4.78 is 24.7. The van der Waals surface area contributed by atoms with Crippen LogP contribution in [-0.4, -0.2) is 32.1 Å². The van der Waals surface area contributed by atoms with Crippen LogP contribution in [0.5, 0.6) is 0 Å². The highest BCUT2D eigenvalue weighted by Crippen LogP contribution is 2.14. The molecule has 0 atom stereocenters. The monoisotopic (exact) mass is 291 g/mol. The average molecular weight is 292 g/mol. The van der Waals surface area contributed by atoms with E-state index >= 15 is 0 Å². The molecule has 0 spiro atoms. The van der Waals surface area contributed by atoms with E-state index < -0.39 is 10.0 Å². The summed E-state index contributed by atoms with van der Waals surface area (Å²) >= 11 is 3.34. The number of aryl methyl sites for hydroxylation is 1. The van der Waals surface area contributed by atoms with Crippen molar-refractivity contribution >= 4 is 26.0 Å². The van der Waals surface area contributed by atoms with Crippen molar-refractivity contribution in [2.75, 3.05) is 19.4 Å². The summed E-state index contributed by atoms with van der Waals surface area (Å²) in [6.45, 7) is 0. The Bertz CT molecular complexity index is 412. The second-order valence-corrected chi connectivity index (χ2v) is 6.32. The molecule has 0 N–H and O–H groups in total. The van der Waals surface area contributed by atoms with E-state index in [9.17, 15) is 8.42 Å². The van der Waals surface area contributed by atoms with Crippen molar-refractivity contribution in [3.05, 3.63) is 29.8 Å². The van der Waals surface area contributed by atoms with Crippen LogP contribution in [0.15, 0.2) is 29.2 Å². The van der Waals surface area contributed by atoms with Crippen molar-refractivity contribution in [1.29, 1.82) is 0 Å². The highest BCUT2D eigenvalue weighted by Gasteiger charge is 2.16. The van der Waals surface area contributed by atoms with Gasteiger partial charge in [-0.1, -0.05) is 28.1 Å². The number of sulfonamides is 1. The van der Waals surface area contributed by atoms with Crippen LogP contribution in [0.4, 0.5) is 0 Å². The Balaban J connectivity index is 2.99. The molecule has 0 heterocycles. The zero-order valence-electron chi connectivity index (χ0n) is 8.77. The fraction of sp³-hybridized carbons (Fsp3) is 0.400. The normalized spacial score (nSPS) is 12.0. The van der Waals surface area contributed by atoms with Gasteiger partial charge < -0.3 is 0 Å². The van der Waals surface area contributed by atoms with E-state index in [0.717, 1.165) is 17.3 Å². The second-order valence-electron chi connectivity index (χ2n) is 3.37. The predicted octanol–water partition coefficient (Wildman–Crippen LogP) is 1.87. The van der Waals surface area contributed by atoms with Crippen molar-refractivity contribution in [2.45, 2.75) is 11.3 Å². The SMILES string of the molecule is CN(C)S(=O)(=O)c1ccc(CCBr)cc1. The molecule has 0 aliphatic rings. The third-order valence-corrected chi connectivity index (χ3v) is 4.31. The van der Waals surface area contributed by atoms with Gasteiger partial charge >= 0.3 is 0 Å². The first kappa shape index (κ1) is 12.7. The Labute approximate surface area is 99.3 Å². The van der Waals surface area contributed by atoms with E-state index in [1.165, 1.54) is 18.4 Å². The second kappa shape index (κ2) is 5.09. The topological polar surface area (TPSA) is 37.4 Å². The number of benzene rings is 1. The minimum absolute atomic E-state index is 0.339. The van der Waals surface area contributed by atoms with E-state index in [2.05, 4.69) is 15.9 Å². The molecule has 1 aromatic rings. The van der Waals surface area contributed by atoms with Crippen LogP contribution in [-0.2, 0) is 16.4 Å². The lowest BCUT2D eigenvalue weighted by Crippen LogP contribution is -2.22. The molecule has 0 fully saturated rings. The molecule has 0 unspecified atom stereocenters. The predicted molar refractivity (Wildman–Crippen MR) is 64.8 cm³/mol. The lowest BCUT2D eigenvalue weighted by molar-refractivity contribution is 0.520. The molecule has 0 aliphatic heterocycles. The number of nitrogens with zero attached hydrogens (tertiary/aromatic N) is 1. The average Bonchev–Trinajstić information content (AvgIpc) is 2.19. The lowest BCUT2D eigenvalue weighted by atomic mass is 10.2. The minimum atomic E-state index is -3.29. The number of alkyl halides is 1. The molecule has 1 aromatic carbocycles. The first-order chi connectivity index (χ1) is 6.98. The Morgan fingerprint density at radius 3 is 2.13 bits per heavy atom. The maximum atomic E-state index is 11.7. The summed E-state index contributed by atoms with van der Waals surface area (Å²) in [6, 6.07) is 6.98. The Morgan fingerprint density at radius 2 is 1.73 bits per heavy atom. The summed E-state index contributed by atoms with van der Waals surface area (Å²) in [7, 11) is -0.228. The fourth-order valence-electron chi connectivity index (χ4n) is 1.15. The van der Waals surface area contributed by atoms with Crippen LogP contribution in [0.2, 0.25) is 0 Å². The summed E-state index contributed by atoms with van der Waals surface area (Å²) in [5.41, 5.74) is 1.13. The maximum absolute atomic E-state index is 11.7. The van der Waals surface area contributed by atoms with E-state index in [1.54, 1.807) is 12.1 Å². The van der Waals surface area contributed by atoms with Crippen molar-refractivity contribution < 1.29 is 8.42 Å². The molecule has 15 heavy (non-hydrogen) atoms. The third kappa shape index (κ3) is 3.03. The zero-order valence-corrected chi connectivity index (χ0v) is 11.2. The zero-order chi connectivity index (χ0) is 11.5. The van der Waals surface area contributed by atoms with Crippen LogP contribution in [0.25, 0.3) is 0 Å². The van der Waals surface area contributed by atoms with Gasteiger partial charge in [-0.3, -0.25) is 0 Å². The smallest absolute Gasteiger partial charge is 0.207 e. The van der Waals surface area contributed by atoms with Crippen LogP contribution in [0.1, 0.15) is 5.56 Å². The van der Waals surface area contributed by atoms with Crippen LogP contribution >= 0.6 is 15.9 Å². The lowest BCUT2D eigenvalue weighted by Gasteiger charge is -2.11. The molecule has 1 rings (SSSR count). The molecule has 0 bridgehead atoms. The quantitative estimate of drug-likeness (QED) is 0.795. The minimum Gasteiger partial charge on any atom is -0.207 e. The van der Waals surface area contributed by atoms with E-state index in [0.29, 0.717) is 4.90 Å². The Hall–Kier alpha value is -0.390. The highest BCUT2D eigenvalue weighted by molar-refractivity contribution is 9.09. The molecule has 5 heteroatoms. The summed E-state index contributed by atoms with van der Waals surface area (Å²) in [6.07, 6.45) is 0.905. The van der Waals surface area contributed by atoms with Gasteiger partial charge in [0.1, 0.15) is 0 Å². The van der Waals surface area contributed by atoms with E-state index in [-0.39, 0.29) is 0 Å². The van der Waals surface area contributed by atoms with Gasteiger partial charge in [-0.2, -0.15) is 0 Å². The van der Waals surface area contributed by atoms with E-state index in [1.807, 2.05) is 12.1 Å². The summed E-state index contributed by atoms with van der Waals surface area (Å²) in [5, 5.41) is 0.882. The van der Waals surface area contributed by atoms with Gasteiger partial charge in [0.25, 0.3) is 0 Å². The van der Waals surface area contributed by atoms with Crippen molar-refractivity contribution in [1.82, 2.24) is 4.31 Å². The van der Waals surface area contributed by atoms with Crippen LogP contribution in [0.3, 0.4) is 0 Å². The first-order valence-corrected chi connectivity index (χ1v) is 7.12. The molecule has 0 amide bonds. The van der Waals surface area contributed by atoms with Crippen molar-refractivity contribution in [2.24, 2.45) is 0 Å². The van der Waals surface area contributed by atoms with Gasteiger partial charge in [0, 0.05) is 19.4 Å². The first-order valence-electron chi connectivity index (χ1n) is 4.56. The van der Waals surface area contributed by atoms with Crippen LogP contribution in [0, 0.1) is 0 Å². The van der Waals surface area contributed by atoms with E-state index in [4.69, 9.17) is 0 Å². The standard InChI is InChI=1S/C10H14BrNO2S/c1-12(2)15(13,14)10-5-3-9(4-6-10)7-8-11/h3-6H,7-8H2,1-2H3. The molecule has 0 saturated heterocycles. The van der Waals surface area contributed by atoms with Gasteiger partial charge in [0.2, 0.25) is 10.0 Å². The van der Waals surface area contributed by atoms with Crippen LogP contribution < -0.4 is 0 Å². The molecule has 0 aromatic heterocycles.